The Morgan fingerprint density at radius 2 is 1.96 bits per heavy atom. The van der Waals surface area contributed by atoms with E-state index in [9.17, 15) is 9.59 Å². The van der Waals surface area contributed by atoms with Crippen LogP contribution < -0.4 is 15.4 Å². The van der Waals surface area contributed by atoms with Crippen molar-refractivity contribution in [3.8, 4) is 5.75 Å². The molecule has 1 aromatic carbocycles. The fourth-order valence-corrected chi connectivity index (χ4v) is 2.52. The Hall–Kier alpha value is -1.79. The molecule has 1 aromatic rings. The van der Waals surface area contributed by atoms with Gasteiger partial charge in [0.2, 0.25) is 5.91 Å². The second kappa shape index (κ2) is 9.49. The molecule has 24 heavy (non-hydrogen) atoms. The molecule has 0 aromatic heterocycles. The predicted molar refractivity (Wildman–Crippen MR) is 96.7 cm³/mol. The van der Waals surface area contributed by atoms with Gasteiger partial charge in [-0.05, 0) is 50.6 Å². The molecule has 1 aliphatic heterocycles. The molecule has 1 aliphatic rings. The number of amides is 2. The second-order valence-corrected chi connectivity index (χ2v) is 6.17. The van der Waals surface area contributed by atoms with E-state index in [2.05, 4.69) is 17.6 Å². The van der Waals surface area contributed by atoms with Crippen molar-refractivity contribution in [1.82, 2.24) is 10.2 Å². The van der Waals surface area contributed by atoms with Crippen molar-refractivity contribution < 1.29 is 14.3 Å². The summed E-state index contributed by atoms with van der Waals surface area (Å²) in [6.07, 6.45) is 1.73. The minimum atomic E-state index is -0.0950. The molecule has 2 rings (SSSR count). The lowest BCUT2D eigenvalue weighted by molar-refractivity contribution is -0.130. The Morgan fingerprint density at radius 3 is 2.54 bits per heavy atom. The highest BCUT2D eigenvalue weighted by molar-refractivity contribution is 5.92. The first-order valence-corrected chi connectivity index (χ1v) is 7.93. The summed E-state index contributed by atoms with van der Waals surface area (Å²) in [6.45, 7) is 2.98. The lowest BCUT2D eigenvalue weighted by atomic mass is 9.92. The van der Waals surface area contributed by atoms with Crippen LogP contribution in [0.4, 0.5) is 5.69 Å². The number of carbonyl (C=O) groups is 2. The Balaban J connectivity index is 0.00000288. The van der Waals surface area contributed by atoms with Gasteiger partial charge in [-0.1, -0.05) is 0 Å². The Kier molecular flexibility index (Phi) is 8.01. The molecule has 134 valence electrons. The van der Waals surface area contributed by atoms with Gasteiger partial charge in [-0.15, -0.1) is 12.4 Å². The first-order valence-electron chi connectivity index (χ1n) is 7.93. The molecule has 1 fully saturated rings. The fourth-order valence-electron chi connectivity index (χ4n) is 2.52. The maximum atomic E-state index is 12.3. The topological polar surface area (TPSA) is 70.7 Å². The molecule has 0 spiro atoms. The van der Waals surface area contributed by atoms with E-state index in [1.54, 1.807) is 38.4 Å². The zero-order chi connectivity index (χ0) is 16.8. The van der Waals surface area contributed by atoms with Gasteiger partial charge < -0.3 is 20.3 Å². The van der Waals surface area contributed by atoms with Crippen molar-refractivity contribution in [3.05, 3.63) is 24.3 Å². The standard InChI is InChI=1S/C17H25N3O3.ClH/c1-12-10-13(8-9-18-12)17(22)19-14-4-6-15(7-5-14)23-11-16(21)20(2)3;/h4-7,12-13,18H,8-11H2,1-3H3,(H,19,22);1H/t12-,13-;/m0./s1. The molecule has 0 aliphatic carbocycles. The van der Waals surface area contributed by atoms with E-state index in [1.807, 2.05) is 0 Å². The van der Waals surface area contributed by atoms with Gasteiger partial charge in [-0.25, -0.2) is 0 Å². The highest BCUT2D eigenvalue weighted by Crippen LogP contribution is 2.20. The van der Waals surface area contributed by atoms with Crippen LogP contribution in [0.1, 0.15) is 19.8 Å². The minimum absolute atomic E-state index is 0. The molecule has 0 bridgehead atoms. The largest absolute Gasteiger partial charge is 0.484 e. The first-order chi connectivity index (χ1) is 11.0. The molecule has 7 heteroatoms. The number of nitrogens with one attached hydrogen (secondary N) is 2. The van der Waals surface area contributed by atoms with Crippen molar-refractivity contribution in [2.24, 2.45) is 5.92 Å². The van der Waals surface area contributed by atoms with E-state index in [0.29, 0.717) is 11.8 Å². The summed E-state index contributed by atoms with van der Waals surface area (Å²) < 4.78 is 5.41. The van der Waals surface area contributed by atoms with Gasteiger partial charge in [-0.2, -0.15) is 0 Å². The quantitative estimate of drug-likeness (QED) is 0.846. The molecule has 6 nitrogen and oxygen atoms in total. The average molecular weight is 356 g/mol. The number of nitrogens with zero attached hydrogens (tertiary/aromatic N) is 1. The maximum Gasteiger partial charge on any atom is 0.259 e. The Labute approximate surface area is 149 Å². The number of carbonyl (C=O) groups excluding carboxylic acids is 2. The van der Waals surface area contributed by atoms with E-state index < -0.39 is 0 Å². The third-order valence-electron chi connectivity index (χ3n) is 3.98. The number of hydrogen-bond acceptors (Lipinski definition) is 4. The van der Waals surface area contributed by atoms with E-state index in [0.717, 1.165) is 25.1 Å². The number of halogens is 1. The van der Waals surface area contributed by atoms with Crippen LogP contribution in [0.3, 0.4) is 0 Å². The molecule has 0 radical (unpaired) electrons. The van der Waals surface area contributed by atoms with Crippen LogP contribution >= 0.6 is 12.4 Å². The Bertz CT molecular complexity index is 549. The van der Waals surface area contributed by atoms with Crippen LogP contribution in [0.5, 0.6) is 5.75 Å². The summed E-state index contributed by atoms with van der Waals surface area (Å²) >= 11 is 0. The molecule has 2 amide bonds. The highest BCUT2D eigenvalue weighted by Gasteiger charge is 2.24. The number of anilines is 1. The number of likely N-dealkylation sites (N-methyl/N-ethyl adjacent to an activating group) is 1. The molecule has 2 atom stereocenters. The number of ether oxygens (including phenoxy) is 1. The average Bonchev–Trinajstić information content (AvgIpc) is 2.53. The first kappa shape index (κ1) is 20.3. The second-order valence-electron chi connectivity index (χ2n) is 6.17. The van der Waals surface area contributed by atoms with Gasteiger partial charge >= 0.3 is 0 Å². The summed E-state index contributed by atoms with van der Waals surface area (Å²) in [7, 11) is 3.37. The van der Waals surface area contributed by atoms with E-state index in [1.165, 1.54) is 4.90 Å². The van der Waals surface area contributed by atoms with Crippen LogP contribution in [0.2, 0.25) is 0 Å². The van der Waals surface area contributed by atoms with Crippen LogP contribution in [0.25, 0.3) is 0 Å². The van der Waals surface area contributed by atoms with Crippen molar-refractivity contribution in [3.63, 3.8) is 0 Å². The molecule has 0 saturated carbocycles. The maximum absolute atomic E-state index is 12.3. The summed E-state index contributed by atoms with van der Waals surface area (Å²) in [5.74, 6) is 0.630. The van der Waals surface area contributed by atoms with Gasteiger partial charge in [0.15, 0.2) is 6.61 Å². The van der Waals surface area contributed by atoms with E-state index >= 15 is 0 Å². The molecule has 0 unspecified atom stereocenters. The minimum Gasteiger partial charge on any atom is -0.484 e. The van der Waals surface area contributed by atoms with Crippen molar-refractivity contribution in [2.45, 2.75) is 25.8 Å². The van der Waals surface area contributed by atoms with Crippen molar-refractivity contribution >= 4 is 29.9 Å². The third-order valence-corrected chi connectivity index (χ3v) is 3.98. The molecule has 1 saturated heterocycles. The van der Waals surface area contributed by atoms with Crippen molar-refractivity contribution in [1.29, 1.82) is 0 Å². The van der Waals surface area contributed by atoms with Crippen LogP contribution in [0, 0.1) is 5.92 Å². The third kappa shape index (κ3) is 6.02. The molecular formula is C17H26ClN3O3. The van der Waals surface area contributed by atoms with Gasteiger partial charge in [0.1, 0.15) is 5.75 Å². The number of piperidine rings is 1. The molecule has 1 heterocycles. The molecule has 2 N–H and O–H groups in total. The highest BCUT2D eigenvalue weighted by atomic mass is 35.5. The number of hydrogen-bond donors (Lipinski definition) is 2. The smallest absolute Gasteiger partial charge is 0.259 e. The predicted octanol–water partition coefficient (Wildman–Crippen LogP) is 1.90. The van der Waals surface area contributed by atoms with Gasteiger partial charge in [0.25, 0.3) is 5.91 Å². The normalized spacial score (nSPS) is 19.8. The van der Waals surface area contributed by atoms with E-state index in [-0.39, 0.29) is 36.7 Å². The van der Waals surface area contributed by atoms with Crippen LogP contribution in [-0.2, 0) is 9.59 Å². The van der Waals surface area contributed by atoms with Crippen LogP contribution in [0.15, 0.2) is 24.3 Å². The lowest BCUT2D eigenvalue weighted by Crippen LogP contribution is -2.40. The lowest BCUT2D eigenvalue weighted by Gasteiger charge is -2.27. The number of benzene rings is 1. The summed E-state index contributed by atoms with van der Waals surface area (Å²) in [5.41, 5.74) is 0.743. The molecular weight excluding hydrogens is 330 g/mol. The number of rotatable bonds is 5. The Morgan fingerprint density at radius 1 is 1.29 bits per heavy atom. The van der Waals surface area contributed by atoms with Crippen LogP contribution in [-0.4, -0.2) is 50.0 Å². The van der Waals surface area contributed by atoms with Gasteiger partial charge in [0.05, 0.1) is 0 Å². The van der Waals surface area contributed by atoms with Gasteiger partial charge in [-0.3, -0.25) is 9.59 Å². The summed E-state index contributed by atoms with van der Waals surface area (Å²) in [4.78, 5) is 25.2. The van der Waals surface area contributed by atoms with E-state index in [4.69, 9.17) is 4.74 Å². The zero-order valence-electron chi connectivity index (χ0n) is 14.4. The van der Waals surface area contributed by atoms with Crippen molar-refractivity contribution in [2.75, 3.05) is 32.6 Å². The van der Waals surface area contributed by atoms with Gasteiger partial charge in [0, 0.05) is 31.7 Å². The SMILES string of the molecule is C[C@H]1C[C@@H](C(=O)Nc2ccc(OCC(=O)N(C)C)cc2)CCN1.Cl. The monoisotopic (exact) mass is 355 g/mol. The zero-order valence-corrected chi connectivity index (χ0v) is 15.2. The summed E-state index contributed by atoms with van der Waals surface area (Å²) in [5, 5.41) is 6.29. The fraction of sp³-hybridized carbons (Fsp3) is 0.529. The summed E-state index contributed by atoms with van der Waals surface area (Å²) in [6, 6.07) is 7.47.